The first-order valence-electron chi connectivity index (χ1n) is 8.60. The van der Waals surface area contributed by atoms with Gasteiger partial charge in [0.05, 0.1) is 22.5 Å². The van der Waals surface area contributed by atoms with Gasteiger partial charge in [-0.25, -0.2) is 0 Å². The van der Waals surface area contributed by atoms with Gasteiger partial charge in [-0.1, -0.05) is 18.0 Å². The Morgan fingerprint density at radius 2 is 1.93 bits per heavy atom. The fourth-order valence-corrected chi connectivity index (χ4v) is 3.58. The third-order valence-electron chi connectivity index (χ3n) is 4.70. The van der Waals surface area contributed by atoms with Crippen molar-refractivity contribution in [2.45, 2.75) is 19.3 Å². The molecule has 6 nitrogen and oxygen atoms in total. The standard InChI is InChI=1S/C19H21ClN4O2.2ClH/c20-17-9-13(23-18(25)15-5-1-3-12(15)10-21)6-7-16(17)19(26)24-14-4-2-8-22-11-14;;/h2,4,6-9,11-12,15H,1,3,5,10,21H2,(H,23,25)(H,24,26);2*1H/t12-,15-;;/m1../s1. The first-order valence-corrected chi connectivity index (χ1v) is 8.98. The minimum atomic E-state index is -0.333. The summed E-state index contributed by atoms with van der Waals surface area (Å²) in [5.74, 6) is -0.205. The lowest BCUT2D eigenvalue weighted by Crippen LogP contribution is -2.29. The van der Waals surface area contributed by atoms with Gasteiger partial charge in [-0.15, -0.1) is 24.8 Å². The van der Waals surface area contributed by atoms with Gasteiger partial charge in [-0.05, 0) is 55.6 Å². The first-order chi connectivity index (χ1) is 12.6. The Kier molecular flexibility index (Phi) is 9.69. The lowest BCUT2D eigenvalue weighted by atomic mass is 9.95. The van der Waals surface area contributed by atoms with Crippen molar-refractivity contribution in [3.8, 4) is 0 Å². The number of rotatable bonds is 5. The van der Waals surface area contributed by atoms with Gasteiger partial charge in [0.2, 0.25) is 5.91 Å². The van der Waals surface area contributed by atoms with E-state index in [1.165, 1.54) is 0 Å². The van der Waals surface area contributed by atoms with Gasteiger partial charge < -0.3 is 16.4 Å². The number of anilines is 2. The summed E-state index contributed by atoms with van der Waals surface area (Å²) in [4.78, 5) is 28.7. The van der Waals surface area contributed by atoms with Crippen LogP contribution in [0.1, 0.15) is 29.6 Å². The highest BCUT2D eigenvalue weighted by Gasteiger charge is 2.31. The number of carbonyl (C=O) groups is 2. The van der Waals surface area contributed by atoms with Crippen molar-refractivity contribution < 1.29 is 9.59 Å². The van der Waals surface area contributed by atoms with E-state index in [0.29, 0.717) is 23.5 Å². The Morgan fingerprint density at radius 1 is 1.14 bits per heavy atom. The third kappa shape index (κ3) is 5.82. The van der Waals surface area contributed by atoms with E-state index in [-0.39, 0.29) is 53.5 Å². The van der Waals surface area contributed by atoms with Crippen molar-refractivity contribution >= 4 is 59.6 Å². The highest BCUT2D eigenvalue weighted by atomic mass is 35.5. The molecule has 9 heteroatoms. The van der Waals surface area contributed by atoms with Crippen LogP contribution >= 0.6 is 36.4 Å². The van der Waals surface area contributed by atoms with Gasteiger partial charge >= 0.3 is 0 Å². The second kappa shape index (κ2) is 11.2. The second-order valence-corrected chi connectivity index (χ2v) is 6.82. The average molecular weight is 446 g/mol. The molecule has 1 heterocycles. The highest BCUT2D eigenvalue weighted by Crippen LogP contribution is 2.32. The Morgan fingerprint density at radius 3 is 2.57 bits per heavy atom. The summed E-state index contributed by atoms with van der Waals surface area (Å²) in [5, 5.41) is 5.88. The molecule has 0 aliphatic heterocycles. The molecule has 152 valence electrons. The fourth-order valence-electron chi connectivity index (χ4n) is 3.31. The quantitative estimate of drug-likeness (QED) is 0.644. The molecule has 1 aliphatic rings. The summed E-state index contributed by atoms with van der Waals surface area (Å²) in [6, 6.07) is 8.33. The van der Waals surface area contributed by atoms with E-state index in [9.17, 15) is 9.59 Å². The van der Waals surface area contributed by atoms with Crippen LogP contribution in [0, 0.1) is 11.8 Å². The average Bonchev–Trinajstić information content (AvgIpc) is 3.11. The molecule has 0 saturated heterocycles. The number of hydrogen-bond donors (Lipinski definition) is 3. The maximum absolute atomic E-state index is 12.5. The summed E-state index contributed by atoms with van der Waals surface area (Å²) < 4.78 is 0. The number of pyridine rings is 1. The molecule has 0 unspecified atom stereocenters. The molecule has 28 heavy (non-hydrogen) atoms. The van der Waals surface area contributed by atoms with Gasteiger partial charge in [0.25, 0.3) is 5.91 Å². The number of nitrogens with two attached hydrogens (primary N) is 1. The molecule has 1 fully saturated rings. The van der Waals surface area contributed by atoms with Crippen molar-refractivity contribution in [1.29, 1.82) is 0 Å². The summed E-state index contributed by atoms with van der Waals surface area (Å²) in [6.07, 6.45) is 6.04. The molecule has 3 rings (SSSR count). The number of hydrogen-bond acceptors (Lipinski definition) is 4. The summed E-state index contributed by atoms with van der Waals surface area (Å²) in [5.41, 5.74) is 7.23. The van der Waals surface area contributed by atoms with Crippen LogP contribution in [-0.4, -0.2) is 23.3 Å². The van der Waals surface area contributed by atoms with Crippen molar-refractivity contribution in [2.24, 2.45) is 17.6 Å². The Labute approximate surface area is 181 Å². The molecule has 4 N–H and O–H groups in total. The number of amides is 2. The molecular weight excluding hydrogens is 423 g/mol. The minimum absolute atomic E-state index is 0. The SMILES string of the molecule is Cl.Cl.NC[C@H]1CCC[C@H]1C(=O)Nc1ccc(C(=O)Nc2cccnc2)c(Cl)c1. The monoisotopic (exact) mass is 444 g/mol. The number of nitrogens with zero attached hydrogens (tertiary/aromatic N) is 1. The zero-order valence-corrected chi connectivity index (χ0v) is 17.4. The molecule has 1 aliphatic carbocycles. The maximum Gasteiger partial charge on any atom is 0.257 e. The summed E-state index contributed by atoms with van der Waals surface area (Å²) >= 11 is 6.24. The minimum Gasteiger partial charge on any atom is -0.330 e. The Balaban J connectivity index is 0.00000196. The molecule has 2 aromatic rings. The van der Waals surface area contributed by atoms with Crippen LogP contribution in [0.4, 0.5) is 11.4 Å². The smallest absolute Gasteiger partial charge is 0.257 e. The van der Waals surface area contributed by atoms with E-state index in [0.717, 1.165) is 19.3 Å². The van der Waals surface area contributed by atoms with Crippen LogP contribution in [-0.2, 0) is 4.79 Å². The molecule has 2 atom stereocenters. The first kappa shape index (κ1) is 24.2. The van der Waals surface area contributed by atoms with E-state index in [2.05, 4.69) is 15.6 Å². The molecule has 2 amide bonds. The van der Waals surface area contributed by atoms with Crippen LogP contribution in [0.3, 0.4) is 0 Å². The van der Waals surface area contributed by atoms with Crippen molar-refractivity contribution in [2.75, 3.05) is 17.2 Å². The number of benzene rings is 1. The van der Waals surface area contributed by atoms with Crippen LogP contribution in [0.5, 0.6) is 0 Å². The van der Waals surface area contributed by atoms with Crippen molar-refractivity contribution in [3.63, 3.8) is 0 Å². The van der Waals surface area contributed by atoms with E-state index < -0.39 is 0 Å². The predicted molar refractivity (Wildman–Crippen MR) is 117 cm³/mol. The van der Waals surface area contributed by atoms with E-state index in [4.69, 9.17) is 17.3 Å². The predicted octanol–water partition coefficient (Wildman–Crippen LogP) is 4.14. The molecule has 1 saturated carbocycles. The summed E-state index contributed by atoms with van der Waals surface area (Å²) in [7, 11) is 0. The largest absolute Gasteiger partial charge is 0.330 e. The lowest BCUT2D eigenvalue weighted by molar-refractivity contribution is -0.120. The summed E-state index contributed by atoms with van der Waals surface area (Å²) in [6.45, 7) is 0.520. The molecule has 0 bridgehead atoms. The van der Waals surface area contributed by atoms with Crippen molar-refractivity contribution in [3.05, 3.63) is 53.3 Å². The fraction of sp³-hybridized carbons (Fsp3) is 0.316. The van der Waals surface area contributed by atoms with Gasteiger partial charge in [-0.2, -0.15) is 0 Å². The Bertz CT molecular complexity index is 805. The lowest BCUT2D eigenvalue weighted by Gasteiger charge is -2.17. The highest BCUT2D eigenvalue weighted by molar-refractivity contribution is 6.34. The zero-order valence-electron chi connectivity index (χ0n) is 15.1. The van der Waals surface area contributed by atoms with E-state index in [1.54, 1.807) is 42.7 Å². The van der Waals surface area contributed by atoms with Gasteiger partial charge in [0.1, 0.15) is 0 Å². The number of nitrogens with one attached hydrogen (secondary N) is 2. The Hall–Kier alpha value is -1.86. The molecule has 0 radical (unpaired) electrons. The van der Waals surface area contributed by atoms with Gasteiger partial charge in [0, 0.05) is 17.8 Å². The molecule has 0 spiro atoms. The van der Waals surface area contributed by atoms with Gasteiger partial charge in [0.15, 0.2) is 0 Å². The number of carbonyl (C=O) groups excluding carboxylic acids is 2. The second-order valence-electron chi connectivity index (χ2n) is 6.41. The maximum atomic E-state index is 12.5. The molecule has 1 aromatic heterocycles. The normalized spacial score (nSPS) is 17.8. The topological polar surface area (TPSA) is 97.1 Å². The third-order valence-corrected chi connectivity index (χ3v) is 5.01. The van der Waals surface area contributed by atoms with Crippen LogP contribution in [0.15, 0.2) is 42.7 Å². The van der Waals surface area contributed by atoms with E-state index >= 15 is 0 Å². The van der Waals surface area contributed by atoms with Gasteiger partial charge in [-0.3, -0.25) is 14.6 Å². The molecule has 1 aromatic carbocycles. The van der Waals surface area contributed by atoms with Crippen molar-refractivity contribution in [1.82, 2.24) is 4.98 Å². The van der Waals surface area contributed by atoms with Crippen LogP contribution < -0.4 is 16.4 Å². The number of halogens is 3. The molecular formula is C19H23Cl3N4O2. The van der Waals surface area contributed by atoms with E-state index in [1.807, 2.05) is 0 Å². The zero-order chi connectivity index (χ0) is 18.5. The van der Waals surface area contributed by atoms with Crippen LogP contribution in [0.25, 0.3) is 0 Å². The number of aromatic nitrogens is 1. The van der Waals surface area contributed by atoms with Crippen LogP contribution in [0.2, 0.25) is 5.02 Å².